The minimum Gasteiger partial charge on any atom is 0 e. The number of hydrogen-bond acceptors (Lipinski definition) is 1. The van der Waals surface area contributed by atoms with E-state index in [2.05, 4.69) is 38.0 Å². The van der Waals surface area contributed by atoms with E-state index in [4.69, 9.17) is 23.3 Å². The molecule has 0 rings (SSSR count). The van der Waals surface area contributed by atoms with Crippen LogP contribution in [0.2, 0.25) is 0 Å². The van der Waals surface area contributed by atoms with Crippen LogP contribution in [0.1, 0.15) is 0 Å². The third-order valence-electron chi connectivity index (χ3n) is 0.218. The van der Waals surface area contributed by atoms with Crippen LogP contribution < -0.4 is 0 Å². The Kier molecular flexibility index (Phi) is 175. The van der Waals surface area contributed by atoms with E-state index in [-0.39, 0.29) is 21.1 Å². The average molecular weight is 436 g/mol. The minimum atomic E-state index is -4.42. The molecule has 18 heavy (non-hydrogen) atoms. The average Bonchev–Trinajstić information content (AvgIpc) is 2.40. The van der Waals surface area contributed by atoms with Gasteiger partial charge in [-0.25, -0.2) is 0 Å². The summed E-state index contributed by atoms with van der Waals surface area (Å²) >= 11 is 0. The Labute approximate surface area is 116 Å². The Morgan fingerprint density at radius 2 is 0.944 bits per heavy atom. The van der Waals surface area contributed by atoms with Crippen molar-refractivity contribution in [2.45, 2.75) is 6.18 Å². The van der Waals surface area contributed by atoms with Crippen molar-refractivity contribution < 1.29 is 62.2 Å². The fourth-order valence-electron chi connectivity index (χ4n) is 0.116. The molecule has 0 aliphatic rings. The molecule has 98 valence electrons. The number of halogens is 3. The van der Waals surface area contributed by atoms with Crippen LogP contribution in [-0.2, 0) is 49.1 Å². The van der Waals surface area contributed by atoms with Crippen LogP contribution >= 0.6 is 0 Å². The molecule has 0 spiro atoms. The van der Waals surface area contributed by atoms with E-state index in [0.717, 1.165) is 13.7 Å². The summed E-state index contributed by atoms with van der Waals surface area (Å²) in [6, 6.07) is 0. The number of methoxy groups -OCH3 is 1. The van der Waals surface area contributed by atoms with E-state index in [1.807, 2.05) is 0 Å². The smallest absolute Gasteiger partial charge is 0 e. The molecule has 0 aromatic heterocycles. The van der Waals surface area contributed by atoms with Gasteiger partial charge in [-0.1, -0.05) is 0 Å². The first-order valence-corrected chi connectivity index (χ1v) is 2.45. The predicted molar refractivity (Wildman–Crippen MR) is 36.0 cm³/mol. The quantitative estimate of drug-likeness (QED) is 0.445. The van der Waals surface area contributed by atoms with Crippen LogP contribution in [0.3, 0.4) is 0 Å². The summed E-state index contributed by atoms with van der Waals surface area (Å²) in [5, 5.41) is 0. The molecule has 6 nitrogen and oxygen atoms in total. The summed E-state index contributed by atoms with van der Waals surface area (Å²) in [7, 11) is 0.896. The molecule has 0 N–H and O–H groups in total. The van der Waals surface area contributed by atoms with Gasteiger partial charge >= 0.3 is 62.7 Å². The fraction of sp³-hybridized carbons (Fsp3) is 0.250. The van der Waals surface area contributed by atoms with E-state index in [0.29, 0.717) is 0 Å². The molecule has 0 fully saturated rings. The molecule has 2 radical (unpaired) electrons. The normalized spacial score (nSPS) is 5.22. The molecular formula is C8H3F3O6W. The number of alkyl halides is 3. The van der Waals surface area contributed by atoms with Gasteiger partial charge in [-0.05, 0) is 0 Å². The van der Waals surface area contributed by atoms with Crippen molar-refractivity contribution in [2.75, 3.05) is 7.11 Å². The molecule has 0 aliphatic carbocycles. The zero-order chi connectivity index (χ0) is 15.9. The van der Waals surface area contributed by atoms with Crippen LogP contribution in [0.25, 0.3) is 0 Å². The molecule has 0 bridgehead atoms. The van der Waals surface area contributed by atoms with Crippen LogP contribution in [-0.4, -0.2) is 13.3 Å². The Morgan fingerprint density at radius 3 is 0.944 bits per heavy atom. The SMILES string of the molecule is CO[C]C(F)(F)F.[C-]#[O+].[C-]#[O+].[C-]#[O+].[C-]#[O+].[C-]#[O+].[W]. The van der Waals surface area contributed by atoms with Crippen molar-refractivity contribution in [3.05, 3.63) is 39.9 Å². The van der Waals surface area contributed by atoms with Crippen LogP contribution in [0.5, 0.6) is 0 Å². The van der Waals surface area contributed by atoms with Crippen molar-refractivity contribution in [3.8, 4) is 0 Å². The summed E-state index contributed by atoms with van der Waals surface area (Å²) in [6.45, 7) is 23.3. The van der Waals surface area contributed by atoms with Crippen LogP contribution in [0.4, 0.5) is 13.2 Å². The van der Waals surface area contributed by atoms with Crippen molar-refractivity contribution >= 4 is 0 Å². The third kappa shape index (κ3) is 307. The van der Waals surface area contributed by atoms with E-state index in [1.54, 1.807) is 0 Å². The maximum absolute atomic E-state index is 10.8. The van der Waals surface area contributed by atoms with Crippen molar-refractivity contribution in [1.29, 1.82) is 0 Å². The second kappa shape index (κ2) is 72.6. The Balaban J connectivity index is -0.0000000189. The summed E-state index contributed by atoms with van der Waals surface area (Å²) in [5.41, 5.74) is 0. The number of rotatable bonds is 1. The Hall–Kier alpha value is -0.862. The first-order valence-electron chi connectivity index (χ1n) is 2.45. The monoisotopic (exact) mass is 436 g/mol. The molecule has 0 saturated heterocycles. The van der Waals surface area contributed by atoms with E-state index in [1.165, 1.54) is 0 Å². The number of hydrogen-bond donors (Lipinski definition) is 0. The van der Waals surface area contributed by atoms with Crippen LogP contribution in [0, 0.1) is 39.9 Å². The fourth-order valence-corrected chi connectivity index (χ4v) is 0.116. The topological polar surface area (TPSA) is 109 Å². The molecular weight excluding hydrogens is 433 g/mol. The first-order chi connectivity index (χ1) is 8.06. The van der Waals surface area contributed by atoms with Gasteiger partial charge in [0.1, 0.15) is 0 Å². The largest absolute Gasteiger partial charge is 0 e. The molecule has 0 atom stereocenters. The predicted octanol–water partition coefficient (Wildman–Crippen LogP) is 1.04. The van der Waals surface area contributed by atoms with Gasteiger partial charge in [0.05, 0.1) is 0 Å². The molecule has 0 heterocycles. The van der Waals surface area contributed by atoms with Crippen LogP contribution in [0.15, 0.2) is 0 Å². The molecule has 0 aromatic rings. The van der Waals surface area contributed by atoms with Gasteiger partial charge in [-0.2, -0.15) is 13.2 Å². The zero-order valence-electron chi connectivity index (χ0n) is 8.49. The summed E-state index contributed by atoms with van der Waals surface area (Å²) in [6.07, 6.45) is -4.42. The molecule has 0 amide bonds. The molecule has 10 heteroatoms. The van der Waals surface area contributed by atoms with Gasteiger partial charge in [0.2, 0.25) is 6.61 Å². The maximum Gasteiger partial charge on any atom is 0 e. The Morgan fingerprint density at radius 1 is 0.778 bits per heavy atom. The van der Waals surface area contributed by atoms with Gasteiger partial charge < -0.3 is 4.74 Å². The molecule has 0 aliphatic heterocycles. The summed E-state index contributed by atoms with van der Waals surface area (Å²) in [5.74, 6) is 0. The van der Waals surface area contributed by atoms with Crippen molar-refractivity contribution in [1.82, 2.24) is 0 Å². The number of ether oxygens (including phenoxy) is 1. The summed E-state index contributed by atoms with van der Waals surface area (Å²) in [4.78, 5) is 0. The zero-order valence-corrected chi connectivity index (χ0v) is 11.4. The third-order valence-corrected chi connectivity index (χ3v) is 0.218. The second-order valence-corrected chi connectivity index (χ2v) is 0.804. The van der Waals surface area contributed by atoms with E-state index >= 15 is 0 Å². The van der Waals surface area contributed by atoms with Gasteiger partial charge in [0.15, 0.2) is 0 Å². The standard InChI is InChI=1S/C3H3F3O.5CO.W/c1-7-2-3(4,5)6;5*1-2;/h1H3;;;;;;. The van der Waals surface area contributed by atoms with Crippen molar-refractivity contribution in [2.24, 2.45) is 0 Å². The van der Waals surface area contributed by atoms with E-state index < -0.39 is 6.18 Å². The maximum atomic E-state index is 10.8. The molecule has 0 unspecified atom stereocenters. The van der Waals surface area contributed by atoms with Gasteiger partial charge in [-0.15, -0.1) is 0 Å². The molecule has 0 aromatic carbocycles. The van der Waals surface area contributed by atoms with E-state index in [9.17, 15) is 13.2 Å². The first kappa shape index (κ1) is 43.4. The van der Waals surface area contributed by atoms with Gasteiger partial charge in [0.25, 0.3) is 0 Å². The summed E-state index contributed by atoms with van der Waals surface area (Å²) < 4.78 is 73.5. The van der Waals surface area contributed by atoms with Crippen molar-refractivity contribution in [3.63, 3.8) is 0 Å². The van der Waals surface area contributed by atoms with Gasteiger partial charge in [-0.3, -0.25) is 0 Å². The Bertz CT molecular complexity index is 171. The minimum absolute atomic E-state index is 0. The van der Waals surface area contributed by atoms with Gasteiger partial charge in [0, 0.05) is 28.2 Å². The second-order valence-electron chi connectivity index (χ2n) is 0.804. The molecule has 0 saturated carbocycles.